The molecule has 20 heavy (non-hydrogen) atoms. The zero-order valence-corrected chi connectivity index (χ0v) is 14.1. The average Bonchev–Trinajstić information content (AvgIpc) is 2.36. The minimum absolute atomic E-state index is 0.152. The van der Waals surface area contributed by atoms with Crippen LogP contribution in [0.25, 0.3) is 0 Å². The first-order chi connectivity index (χ1) is 9.27. The molecule has 0 aromatic heterocycles. The van der Waals surface area contributed by atoms with E-state index in [9.17, 15) is 13.2 Å². The second-order valence-electron chi connectivity index (χ2n) is 4.00. The first kappa shape index (κ1) is 17.4. The lowest BCUT2D eigenvalue weighted by molar-refractivity contribution is 0.0467. The smallest absolute Gasteiger partial charge is 0.338 e. The summed E-state index contributed by atoms with van der Waals surface area (Å²) in [5.74, 6) is -0.596. The molecule has 8 heteroatoms. The van der Waals surface area contributed by atoms with Crippen molar-refractivity contribution in [1.29, 1.82) is 0 Å². The fourth-order valence-electron chi connectivity index (χ4n) is 1.45. The van der Waals surface area contributed by atoms with Crippen LogP contribution in [0.1, 0.15) is 22.3 Å². The number of carbonyl (C=O) groups excluding carboxylic acids is 1. The second kappa shape index (κ2) is 7.40. The molecule has 1 aromatic rings. The Balaban J connectivity index is 2.99. The van der Waals surface area contributed by atoms with E-state index in [1.165, 1.54) is 12.1 Å². The van der Waals surface area contributed by atoms with Crippen LogP contribution in [-0.4, -0.2) is 34.7 Å². The number of rotatable bonds is 6. The predicted molar refractivity (Wildman–Crippen MR) is 78.7 cm³/mol. The molecule has 112 valence electrons. The van der Waals surface area contributed by atoms with Gasteiger partial charge in [-0.2, -0.15) is 0 Å². The highest BCUT2D eigenvalue weighted by molar-refractivity contribution is 9.10. The van der Waals surface area contributed by atoms with E-state index in [0.717, 1.165) is 0 Å². The van der Waals surface area contributed by atoms with Crippen molar-refractivity contribution in [3.8, 4) is 0 Å². The minimum atomic E-state index is -3.91. The summed E-state index contributed by atoms with van der Waals surface area (Å²) in [5.41, 5.74) is 0.752. The molecule has 0 saturated carbocycles. The van der Waals surface area contributed by atoms with Crippen molar-refractivity contribution in [2.45, 2.75) is 18.2 Å². The largest absolute Gasteiger partial charge is 0.462 e. The first-order valence-electron chi connectivity index (χ1n) is 5.68. The van der Waals surface area contributed by atoms with E-state index in [4.69, 9.17) is 20.2 Å². The number of benzene rings is 1. The molecular formula is C12H14BrClO5S. The van der Waals surface area contributed by atoms with Crippen molar-refractivity contribution in [2.75, 3.05) is 20.3 Å². The Morgan fingerprint density at radius 1 is 1.35 bits per heavy atom. The molecule has 5 nitrogen and oxygen atoms in total. The van der Waals surface area contributed by atoms with E-state index >= 15 is 0 Å². The Bertz CT molecular complexity index is 600. The number of esters is 1. The fraction of sp³-hybridized carbons (Fsp3) is 0.417. The van der Waals surface area contributed by atoms with Gasteiger partial charge in [0.25, 0.3) is 9.05 Å². The highest BCUT2D eigenvalue weighted by Gasteiger charge is 2.19. The number of hydrogen-bond acceptors (Lipinski definition) is 5. The maximum absolute atomic E-state index is 11.9. The molecule has 0 atom stereocenters. The molecule has 0 aliphatic rings. The van der Waals surface area contributed by atoms with Crippen molar-refractivity contribution in [3.63, 3.8) is 0 Å². The summed E-state index contributed by atoms with van der Waals surface area (Å²) >= 11 is 3.20. The molecule has 0 saturated heterocycles. The summed E-state index contributed by atoms with van der Waals surface area (Å²) in [6.07, 6.45) is 0.565. The number of hydrogen-bond donors (Lipinski definition) is 0. The van der Waals surface area contributed by atoms with Crippen LogP contribution >= 0.6 is 26.6 Å². The molecule has 0 heterocycles. The molecule has 0 aliphatic carbocycles. The maximum Gasteiger partial charge on any atom is 0.338 e. The third kappa shape index (κ3) is 4.73. The van der Waals surface area contributed by atoms with Crippen molar-refractivity contribution >= 4 is 41.6 Å². The van der Waals surface area contributed by atoms with Gasteiger partial charge in [0.15, 0.2) is 0 Å². The van der Waals surface area contributed by atoms with Gasteiger partial charge < -0.3 is 9.47 Å². The number of carbonyl (C=O) groups is 1. The summed E-state index contributed by atoms with van der Waals surface area (Å²) in [5, 5.41) is 0. The molecule has 0 fully saturated rings. The lowest BCUT2D eigenvalue weighted by Crippen LogP contribution is -2.11. The topological polar surface area (TPSA) is 69.7 Å². The third-order valence-corrected chi connectivity index (χ3v) is 4.70. The number of halogens is 2. The molecule has 1 aromatic carbocycles. The third-order valence-electron chi connectivity index (χ3n) is 2.55. The van der Waals surface area contributed by atoms with Crippen LogP contribution in [-0.2, 0) is 18.5 Å². The van der Waals surface area contributed by atoms with Gasteiger partial charge in [0.05, 0.1) is 17.1 Å². The van der Waals surface area contributed by atoms with E-state index in [0.29, 0.717) is 23.1 Å². The van der Waals surface area contributed by atoms with Gasteiger partial charge in [-0.15, -0.1) is 0 Å². The second-order valence-corrected chi connectivity index (χ2v) is 7.42. The van der Waals surface area contributed by atoms with Crippen LogP contribution in [0.4, 0.5) is 0 Å². The average molecular weight is 386 g/mol. The highest BCUT2D eigenvalue weighted by Crippen LogP contribution is 2.27. The lowest BCUT2D eigenvalue weighted by atomic mass is 10.1. The van der Waals surface area contributed by atoms with Crippen LogP contribution < -0.4 is 0 Å². The summed E-state index contributed by atoms with van der Waals surface area (Å²) in [4.78, 5) is 11.8. The van der Waals surface area contributed by atoms with Crippen LogP contribution in [0.2, 0.25) is 0 Å². The van der Waals surface area contributed by atoms with E-state index in [-0.39, 0.29) is 17.1 Å². The zero-order valence-electron chi connectivity index (χ0n) is 11.0. The van der Waals surface area contributed by atoms with Crippen LogP contribution in [0, 0.1) is 6.92 Å². The van der Waals surface area contributed by atoms with Crippen LogP contribution in [0.15, 0.2) is 21.5 Å². The Labute approximate surface area is 130 Å². The monoisotopic (exact) mass is 384 g/mol. The van der Waals surface area contributed by atoms with Crippen LogP contribution in [0.3, 0.4) is 0 Å². The van der Waals surface area contributed by atoms with Crippen molar-refractivity contribution < 1.29 is 22.7 Å². The predicted octanol–water partition coefficient (Wildman–Crippen LogP) is 2.88. The quantitative estimate of drug-likeness (QED) is 0.428. The van der Waals surface area contributed by atoms with Gasteiger partial charge in [-0.1, -0.05) is 15.9 Å². The maximum atomic E-state index is 11.9. The van der Waals surface area contributed by atoms with Crippen molar-refractivity contribution in [3.05, 3.63) is 27.7 Å². The molecule has 0 spiro atoms. The van der Waals surface area contributed by atoms with Gasteiger partial charge in [-0.25, -0.2) is 13.2 Å². The molecule has 0 aliphatic heterocycles. The molecule has 0 amide bonds. The van der Waals surface area contributed by atoms with E-state index in [1.807, 2.05) is 0 Å². The molecule has 0 radical (unpaired) electrons. The van der Waals surface area contributed by atoms with E-state index < -0.39 is 15.0 Å². The molecule has 0 N–H and O–H groups in total. The summed E-state index contributed by atoms with van der Waals surface area (Å²) < 4.78 is 33.1. The Hall–Kier alpha value is -0.630. The van der Waals surface area contributed by atoms with Gasteiger partial charge in [0.1, 0.15) is 0 Å². The number of ether oxygens (including phenoxy) is 2. The first-order valence-corrected chi connectivity index (χ1v) is 8.78. The Morgan fingerprint density at radius 2 is 2.00 bits per heavy atom. The molecule has 0 unspecified atom stereocenters. The SMILES string of the molecule is COCCCOC(=O)c1cc(S(=O)(=O)Cl)cc(Br)c1C. The van der Waals surface area contributed by atoms with Gasteiger partial charge in [-0.3, -0.25) is 0 Å². The molecule has 0 bridgehead atoms. The van der Waals surface area contributed by atoms with Crippen molar-refractivity contribution in [1.82, 2.24) is 0 Å². The fourth-order valence-corrected chi connectivity index (χ4v) is 2.85. The lowest BCUT2D eigenvalue weighted by Gasteiger charge is -2.10. The minimum Gasteiger partial charge on any atom is -0.462 e. The summed E-state index contributed by atoms with van der Waals surface area (Å²) in [6.45, 7) is 2.36. The zero-order chi connectivity index (χ0) is 15.3. The highest BCUT2D eigenvalue weighted by atomic mass is 79.9. The van der Waals surface area contributed by atoms with E-state index in [1.54, 1.807) is 14.0 Å². The van der Waals surface area contributed by atoms with Crippen molar-refractivity contribution in [2.24, 2.45) is 0 Å². The van der Waals surface area contributed by atoms with Crippen LogP contribution in [0.5, 0.6) is 0 Å². The van der Waals surface area contributed by atoms with Gasteiger partial charge in [0.2, 0.25) is 0 Å². The Kier molecular flexibility index (Phi) is 6.44. The standard InChI is InChI=1S/C12H14BrClO5S/c1-8-10(12(15)19-5-3-4-18-2)6-9(7-11(8)13)20(14,16)17/h6-7H,3-5H2,1-2H3. The van der Waals surface area contributed by atoms with Gasteiger partial charge >= 0.3 is 5.97 Å². The normalized spacial score (nSPS) is 11.4. The van der Waals surface area contributed by atoms with Gasteiger partial charge in [-0.05, 0) is 24.6 Å². The summed E-state index contributed by atoms with van der Waals surface area (Å²) in [7, 11) is 2.93. The molecule has 1 rings (SSSR count). The number of methoxy groups -OCH3 is 1. The summed E-state index contributed by atoms with van der Waals surface area (Å²) in [6, 6.07) is 2.56. The molecular weight excluding hydrogens is 372 g/mol. The Morgan fingerprint density at radius 3 is 2.55 bits per heavy atom. The van der Waals surface area contributed by atoms with E-state index in [2.05, 4.69) is 15.9 Å². The van der Waals surface area contributed by atoms with Gasteiger partial charge in [0, 0.05) is 35.3 Å².